The summed E-state index contributed by atoms with van der Waals surface area (Å²) in [5, 5.41) is 2.90. The van der Waals surface area contributed by atoms with Crippen molar-refractivity contribution in [3.63, 3.8) is 0 Å². The maximum atomic E-state index is 14.2. The van der Waals surface area contributed by atoms with Gasteiger partial charge in [0.2, 0.25) is 11.8 Å². The van der Waals surface area contributed by atoms with Gasteiger partial charge in [0, 0.05) is 13.1 Å². The highest BCUT2D eigenvalue weighted by molar-refractivity contribution is 7.92. The molecule has 0 radical (unpaired) electrons. The summed E-state index contributed by atoms with van der Waals surface area (Å²) in [6.45, 7) is 5.55. The van der Waals surface area contributed by atoms with Crippen molar-refractivity contribution < 1.29 is 27.5 Å². The zero-order valence-electron chi connectivity index (χ0n) is 26.7. The Labute approximate surface area is 271 Å². The van der Waals surface area contributed by atoms with E-state index in [4.69, 9.17) is 9.47 Å². The average molecular weight is 644 g/mol. The molecule has 4 aromatic rings. The normalized spacial score (nSPS) is 11.7. The lowest BCUT2D eigenvalue weighted by Gasteiger charge is -2.32. The maximum Gasteiger partial charge on any atom is 0.264 e. The number of carbonyl (C=O) groups is 2. The quantitative estimate of drug-likeness (QED) is 0.152. The van der Waals surface area contributed by atoms with Gasteiger partial charge in [0.1, 0.15) is 29.8 Å². The third-order valence-corrected chi connectivity index (χ3v) is 9.26. The summed E-state index contributed by atoms with van der Waals surface area (Å²) in [5.41, 5.74) is 1.91. The molecule has 4 aromatic carbocycles. The molecule has 0 unspecified atom stereocenters. The van der Waals surface area contributed by atoms with Gasteiger partial charge >= 0.3 is 0 Å². The van der Waals surface area contributed by atoms with E-state index in [1.165, 1.54) is 17.0 Å². The van der Waals surface area contributed by atoms with Gasteiger partial charge in [0.05, 0.1) is 17.7 Å². The molecule has 9 nitrogen and oxygen atoms in total. The Morgan fingerprint density at radius 1 is 0.848 bits per heavy atom. The Bertz CT molecular complexity index is 1690. The molecule has 4 rings (SSSR count). The summed E-state index contributed by atoms with van der Waals surface area (Å²) in [4.78, 5) is 28.8. The molecule has 0 spiro atoms. The molecule has 0 aromatic heterocycles. The van der Waals surface area contributed by atoms with E-state index < -0.39 is 28.5 Å². The predicted molar refractivity (Wildman–Crippen MR) is 180 cm³/mol. The van der Waals surface area contributed by atoms with Crippen molar-refractivity contribution in [1.29, 1.82) is 0 Å². The number of aryl methyl sites for hydroxylation is 1. The van der Waals surface area contributed by atoms with Crippen LogP contribution in [-0.2, 0) is 26.2 Å². The summed E-state index contributed by atoms with van der Waals surface area (Å²) >= 11 is 0. The molecular weight excluding hydrogens is 602 g/mol. The molecule has 0 aliphatic heterocycles. The molecule has 2 amide bonds. The predicted octanol–water partition coefficient (Wildman–Crippen LogP) is 6.32. The van der Waals surface area contributed by atoms with E-state index in [0.29, 0.717) is 23.8 Å². The van der Waals surface area contributed by atoms with Gasteiger partial charge in [0.25, 0.3) is 10.0 Å². The van der Waals surface area contributed by atoms with Crippen molar-refractivity contribution in [2.75, 3.05) is 24.5 Å². The van der Waals surface area contributed by atoms with E-state index in [1.54, 1.807) is 68.6 Å². The largest absolute Gasteiger partial charge is 0.497 e. The van der Waals surface area contributed by atoms with Crippen molar-refractivity contribution in [3.8, 4) is 17.2 Å². The van der Waals surface area contributed by atoms with Crippen LogP contribution in [0, 0.1) is 6.92 Å². The smallest absolute Gasteiger partial charge is 0.264 e. The number of methoxy groups -OCH3 is 1. The fourth-order valence-electron chi connectivity index (χ4n) is 4.76. The molecular formula is C36H41N3O6S. The topological polar surface area (TPSA) is 105 Å². The van der Waals surface area contributed by atoms with Crippen LogP contribution in [0.15, 0.2) is 108 Å². The third kappa shape index (κ3) is 8.88. The van der Waals surface area contributed by atoms with E-state index in [1.807, 2.05) is 50.2 Å². The minimum Gasteiger partial charge on any atom is -0.497 e. The highest BCUT2D eigenvalue weighted by atomic mass is 32.2. The summed E-state index contributed by atoms with van der Waals surface area (Å²) in [7, 11) is -2.64. The van der Waals surface area contributed by atoms with Crippen LogP contribution < -0.4 is 19.1 Å². The number of rotatable bonds is 15. The van der Waals surface area contributed by atoms with Crippen LogP contribution in [0.3, 0.4) is 0 Å². The van der Waals surface area contributed by atoms with Gasteiger partial charge in [-0.05, 0) is 86.5 Å². The van der Waals surface area contributed by atoms with Gasteiger partial charge in [-0.25, -0.2) is 8.42 Å². The Kier molecular flexibility index (Phi) is 11.8. The van der Waals surface area contributed by atoms with Crippen molar-refractivity contribution in [3.05, 3.63) is 114 Å². The number of carbonyl (C=O) groups excluding carboxylic acids is 2. The first-order valence-corrected chi connectivity index (χ1v) is 16.7. The Morgan fingerprint density at radius 3 is 2.15 bits per heavy atom. The van der Waals surface area contributed by atoms with Gasteiger partial charge in [0.15, 0.2) is 0 Å². The average Bonchev–Trinajstić information content (AvgIpc) is 3.07. The lowest BCUT2D eigenvalue weighted by atomic mass is 10.1. The summed E-state index contributed by atoms with van der Waals surface area (Å²) in [6, 6.07) is 28.5. The number of benzene rings is 4. The first-order valence-electron chi connectivity index (χ1n) is 15.2. The van der Waals surface area contributed by atoms with Crippen LogP contribution in [0.2, 0.25) is 0 Å². The number of nitrogens with one attached hydrogen (secondary N) is 1. The van der Waals surface area contributed by atoms with E-state index in [-0.39, 0.29) is 23.0 Å². The SMILES string of the molecule is CCCCNC(=O)[C@@H](C)N(Cc1cccc(OC)c1)C(=O)CN(c1ccc(Oc2ccccc2)cc1)S(=O)(=O)c1ccc(C)cc1. The maximum absolute atomic E-state index is 14.2. The first-order chi connectivity index (χ1) is 22.1. The molecule has 0 bridgehead atoms. The van der Waals surface area contributed by atoms with Gasteiger partial charge in [-0.1, -0.05) is 61.4 Å². The third-order valence-electron chi connectivity index (χ3n) is 7.48. The van der Waals surface area contributed by atoms with Crippen LogP contribution >= 0.6 is 0 Å². The number of anilines is 1. The second-order valence-corrected chi connectivity index (χ2v) is 12.8. The second-order valence-electron chi connectivity index (χ2n) is 10.9. The zero-order chi connectivity index (χ0) is 33.1. The van der Waals surface area contributed by atoms with Crippen molar-refractivity contribution in [1.82, 2.24) is 10.2 Å². The van der Waals surface area contributed by atoms with Gasteiger partial charge in [-0.2, -0.15) is 0 Å². The van der Waals surface area contributed by atoms with Crippen LogP contribution in [-0.4, -0.2) is 51.4 Å². The minimum atomic E-state index is -4.19. The van der Waals surface area contributed by atoms with Gasteiger partial charge < -0.3 is 19.7 Å². The number of hydrogen-bond donors (Lipinski definition) is 1. The molecule has 0 heterocycles. The van der Waals surface area contributed by atoms with Gasteiger partial charge in [-0.3, -0.25) is 13.9 Å². The molecule has 0 aliphatic carbocycles. The number of ether oxygens (including phenoxy) is 2. The second kappa shape index (κ2) is 15.9. The van der Waals surface area contributed by atoms with Crippen LogP contribution in [0.1, 0.15) is 37.8 Å². The number of hydrogen-bond acceptors (Lipinski definition) is 6. The van der Waals surface area contributed by atoms with E-state index in [9.17, 15) is 18.0 Å². The summed E-state index contributed by atoms with van der Waals surface area (Å²) < 4.78 is 40.6. The van der Waals surface area contributed by atoms with Crippen molar-refractivity contribution >= 4 is 27.5 Å². The lowest BCUT2D eigenvalue weighted by molar-refractivity contribution is -0.139. The standard InChI is InChI=1S/C36H41N3O6S/c1-5-6-23-37-36(41)28(3)38(25-29-11-10-14-33(24-29)44-4)35(40)26-39(46(42,43)34-21-15-27(2)16-22-34)30-17-19-32(20-18-30)45-31-12-8-7-9-13-31/h7-22,24,28H,5-6,23,25-26H2,1-4H3,(H,37,41)/t28-/m1/s1. The molecule has 0 saturated carbocycles. The Balaban J connectivity index is 1.69. The minimum absolute atomic E-state index is 0.0419. The molecule has 1 atom stereocenters. The zero-order valence-corrected chi connectivity index (χ0v) is 27.5. The molecule has 10 heteroatoms. The summed E-state index contributed by atoms with van der Waals surface area (Å²) in [5.74, 6) is 0.882. The number of sulfonamides is 1. The highest BCUT2D eigenvalue weighted by Crippen LogP contribution is 2.29. The van der Waals surface area contributed by atoms with Crippen molar-refractivity contribution in [2.45, 2.75) is 51.1 Å². The fraction of sp³-hybridized carbons (Fsp3) is 0.278. The Hall–Kier alpha value is -4.83. The lowest BCUT2D eigenvalue weighted by Crippen LogP contribution is -2.51. The number of nitrogens with zero attached hydrogens (tertiary/aromatic N) is 2. The van der Waals surface area contributed by atoms with Crippen LogP contribution in [0.5, 0.6) is 17.2 Å². The highest BCUT2D eigenvalue weighted by Gasteiger charge is 2.32. The molecule has 0 fully saturated rings. The van der Waals surface area contributed by atoms with E-state index >= 15 is 0 Å². The van der Waals surface area contributed by atoms with Crippen LogP contribution in [0.4, 0.5) is 5.69 Å². The molecule has 0 saturated heterocycles. The molecule has 46 heavy (non-hydrogen) atoms. The number of unbranched alkanes of at least 4 members (excludes halogenated alkanes) is 1. The first kappa shape index (κ1) is 34.1. The molecule has 242 valence electrons. The number of amides is 2. The van der Waals surface area contributed by atoms with Crippen LogP contribution in [0.25, 0.3) is 0 Å². The molecule has 0 aliphatic rings. The van der Waals surface area contributed by atoms with E-state index in [0.717, 1.165) is 28.3 Å². The Morgan fingerprint density at radius 2 is 1.50 bits per heavy atom. The summed E-state index contributed by atoms with van der Waals surface area (Å²) in [6.07, 6.45) is 1.71. The van der Waals surface area contributed by atoms with E-state index in [2.05, 4.69) is 5.32 Å². The van der Waals surface area contributed by atoms with Crippen molar-refractivity contribution in [2.24, 2.45) is 0 Å². The number of para-hydroxylation sites is 1. The monoisotopic (exact) mass is 643 g/mol. The molecule has 1 N–H and O–H groups in total. The van der Waals surface area contributed by atoms with Gasteiger partial charge in [-0.15, -0.1) is 0 Å². The fourth-order valence-corrected chi connectivity index (χ4v) is 6.17.